The summed E-state index contributed by atoms with van der Waals surface area (Å²) in [6.07, 6.45) is 1.14. The van der Waals surface area contributed by atoms with Crippen LogP contribution in [0.1, 0.15) is 5.56 Å². The second kappa shape index (κ2) is 7.79. The molecule has 2 aromatic rings. The number of hydrogen-bond acceptors (Lipinski definition) is 3. The van der Waals surface area contributed by atoms with Crippen molar-refractivity contribution in [1.29, 1.82) is 0 Å². The third-order valence-corrected chi connectivity index (χ3v) is 4.79. The third-order valence-electron chi connectivity index (χ3n) is 3.43. The minimum absolute atomic E-state index is 0.174. The number of rotatable bonds is 6. The van der Waals surface area contributed by atoms with E-state index in [1.54, 1.807) is 12.1 Å². The molecule has 0 radical (unpaired) electrons. The van der Waals surface area contributed by atoms with E-state index >= 15 is 0 Å². The summed E-state index contributed by atoms with van der Waals surface area (Å²) in [4.78, 5) is 13.3. The lowest BCUT2D eigenvalue weighted by Gasteiger charge is -2.14. The molecule has 0 fully saturated rings. The quantitative estimate of drug-likeness (QED) is 0.811. The zero-order valence-corrected chi connectivity index (χ0v) is 15.1. The van der Waals surface area contributed by atoms with E-state index in [1.807, 2.05) is 31.3 Å². The Morgan fingerprint density at radius 1 is 1.17 bits per heavy atom. The molecule has 24 heavy (non-hydrogen) atoms. The van der Waals surface area contributed by atoms with Crippen molar-refractivity contribution in [3.05, 3.63) is 59.1 Å². The predicted molar refractivity (Wildman–Crippen MR) is 95.1 cm³/mol. The number of carbonyl (C=O) groups excluding carboxylic acids is 1. The largest absolute Gasteiger partial charge is 0.326 e. The molecule has 0 aliphatic carbocycles. The summed E-state index contributed by atoms with van der Waals surface area (Å²) in [6, 6.07) is 13.7. The zero-order valence-electron chi connectivity index (χ0n) is 13.5. The fourth-order valence-electron chi connectivity index (χ4n) is 2.30. The van der Waals surface area contributed by atoms with Crippen molar-refractivity contribution in [1.82, 2.24) is 0 Å². The van der Waals surface area contributed by atoms with E-state index in [0.29, 0.717) is 17.3 Å². The van der Waals surface area contributed by atoms with Gasteiger partial charge in [-0.1, -0.05) is 29.8 Å². The van der Waals surface area contributed by atoms with Gasteiger partial charge in [0.1, 0.15) is 6.54 Å². The molecule has 5 nitrogen and oxygen atoms in total. The first-order valence-corrected chi connectivity index (χ1v) is 9.67. The SMILES string of the molecule is C[NH+](CC(=O)Nc1cccc(S(C)(=O)=O)c1)Cc1ccc(Cl)cc1. The Kier molecular flexibility index (Phi) is 5.99. The highest BCUT2D eigenvalue weighted by atomic mass is 35.5. The molecule has 0 aliphatic heterocycles. The van der Waals surface area contributed by atoms with Crippen LogP contribution in [-0.4, -0.2) is 34.2 Å². The molecule has 2 N–H and O–H groups in total. The van der Waals surface area contributed by atoms with Gasteiger partial charge in [0, 0.05) is 22.5 Å². The normalized spacial score (nSPS) is 12.6. The number of hydrogen-bond donors (Lipinski definition) is 2. The molecule has 0 saturated heterocycles. The molecule has 128 valence electrons. The zero-order chi connectivity index (χ0) is 17.7. The van der Waals surface area contributed by atoms with E-state index in [-0.39, 0.29) is 17.3 Å². The molecular weight excluding hydrogens is 348 g/mol. The fraction of sp³-hybridized carbons (Fsp3) is 0.235. The maximum Gasteiger partial charge on any atom is 0.279 e. The summed E-state index contributed by atoms with van der Waals surface area (Å²) in [5.41, 5.74) is 1.56. The van der Waals surface area contributed by atoms with Crippen molar-refractivity contribution in [2.45, 2.75) is 11.4 Å². The first kappa shape index (κ1) is 18.4. The summed E-state index contributed by atoms with van der Waals surface area (Å²) >= 11 is 5.85. The van der Waals surface area contributed by atoms with E-state index < -0.39 is 9.84 Å². The number of amides is 1. The van der Waals surface area contributed by atoms with Gasteiger partial charge in [-0.25, -0.2) is 8.42 Å². The Labute approximate surface area is 147 Å². The van der Waals surface area contributed by atoms with Crippen LogP contribution in [-0.2, 0) is 21.2 Å². The van der Waals surface area contributed by atoms with Crippen molar-refractivity contribution in [2.24, 2.45) is 0 Å². The molecule has 0 heterocycles. The van der Waals surface area contributed by atoms with Gasteiger partial charge in [-0.05, 0) is 30.3 Å². The van der Waals surface area contributed by atoms with Gasteiger partial charge < -0.3 is 10.2 Å². The summed E-state index contributed by atoms with van der Waals surface area (Å²) < 4.78 is 23.1. The van der Waals surface area contributed by atoms with Crippen LogP contribution in [0.4, 0.5) is 5.69 Å². The second-order valence-electron chi connectivity index (χ2n) is 5.79. The van der Waals surface area contributed by atoms with E-state index in [0.717, 1.165) is 16.7 Å². The highest BCUT2D eigenvalue weighted by Gasteiger charge is 2.13. The first-order valence-electron chi connectivity index (χ1n) is 7.40. The van der Waals surface area contributed by atoms with Crippen LogP contribution >= 0.6 is 11.6 Å². The molecule has 1 amide bonds. The molecule has 0 aliphatic rings. The Morgan fingerprint density at radius 3 is 2.46 bits per heavy atom. The number of likely N-dealkylation sites (N-methyl/N-ethyl adjacent to an activating group) is 1. The third kappa shape index (κ3) is 5.63. The maximum atomic E-state index is 12.1. The lowest BCUT2D eigenvalue weighted by molar-refractivity contribution is -0.885. The molecule has 1 atom stereocenters. The molecular formula is C17H20ClN2O3S+. The van der Waals surface area contributed by atoms with Gasteiger partial charge in [-0.2, -0.15) is 0 Å². The summed E-state index contributed by atoms with van der Waals surface area (Å²) in [5, 5.41) is 3.42. The molecule has 2 aromatic carbocycles. The monoisotopic (exact) mass is 367 g/mol. The number of quaternary nitrogens is 1. The van der Waals surface area contributed by atoms with Crippen LogP contribution in [0, 0.1) is 0 Å². The minimum atomic E-state index is -3.30. The van der Waals surface area contributed by atoms with Crippen LogP contribution in [0.15, 0.2) is 53.4 Å². The lowest BCUT2D eigenvalue weighted by Crippen LogP contribution is -3.08. The van der Waals surface area contributed by atoms with Crippen molar-refractivity contribution in [2.75, 3.05) is 25.2 Å². The standard InChI is InChI=1S/C17H19ClN2O3S/c1-20(11-13-6-8-14(18)9-7-13)12-17(21)19-15-4-3-5-16(10-15)24(2,22)23/h3-10H,11-12H2,1-2H3,(H,19,21)/p+1. The Morgan fingerprint density at radius 2 is 1.83 bits per heavy atom. The molecule has 1 unspecified atom stereocenters. The Balaban J connectivity index is 1.94. The van der Waals surface area contributed by atoms with E-state index in [1.165, 1.54) is 12.1 Å². The number of benzene rings is 2. The van der Waals surface area contributed by atoms with Crippen molar-refractivity contribution >= 4 is 33.0 Å². The highest BCUT2D eigenvalue weighted by Crippen LogP contribution is 2.15. The molecule has 0 spiro atoms. The number of nitrogens with one attached hydrogen (secondary N) is 2. The van der Waals surface area contributed by atoms with Crippen LogP contribution in [0.2, 0.25) is 5.02 Å². The van der Waals surface area contributed by atoms with Gasteiger partial charge in [0.05, 0.1) is 11.9 Å². The van der Waals surface area contributed by atoms with Gasteiger partial charge in [-0.15, -0.1) is 0 Å². The van der Waals surface area contributed by atoms with Crippen LogP contribution < -0.4 is 10.2 Å². The van der Waals surface area contributed by atoms with Crippen LogP contribution in [0.5, 0.6) is 0 Å². The average Bonchev–Trinajstić information content (AvgIpc) is 2.49. The summed E-state index contributed by atoms with van der Waals surface area (Å²) in [7, 11) is -1.38. The molecule has 7 heteroatoms. The van der Waals surface area contributed by atoms with E-state index in [4.69, 9.17) is 11.6 Å². The first-order chi connectivity index (χ1) is 11.2. The summed E-state index contributed by atoms with van der Waals surface area (Å²) in [5.74, 6) is -0.174. The predicted octanol–water partition coefficient (Wildman–Crippen LogP) is 1.40. The molecule has 0 aromatic heterocycles. The van der Waals surface area contributed by atoms with E-state index in [2.05, 4.69) is 5.32 Å². The lowest BCUT2D eigenvalue weighted by atomic mass is 10.2. The minimum Gasteiger partial charge on any atom is -0.326 e. The molecule has 0 bridgehead atoms. The number of anilines is 1. The fourth-order valence-corrected chi connectivity index (χ4v) is 3.09. The smallest absolute Gasteiger partial charge is 0.279 e. The Bertz CT molecular complexity index is 820. The van der Waals surface area contributed by atoms with Gasteiger partial charge >= 0.3 is 0 Å². The van der Waals surface area contributed by atoms with Crippen LogP contribution in [0.3, 0.4) is 0 Å². The van der Waals surface area contributed by atoms with Gasteiger partial charge in [0.25, 0.3) is 5.91 Å². The summed E-state index contributed by atoms with van der Waals surface area (Å²) in [6.45, 7) is 0.958. The molecule has 0 saturated carbocycles. The van der Waals surface area contributed by atoms with Crippen molar-refractivity contribution in [3.63, 3.8) is 0 Å². The Hall–Kier alpha value is -1.89. The average molecular weight is 368 g/mol. The van der Waals surface area contributed by atoms with Crippen molar-refractivity contribution in [3.8, 4) is 0 Å². The van der Waals surface area contributed by atoms with Gasteiger partial charge in [0.2, 0.25) is 0 Å². The van der Waals surface area contributed by atoms with Gasteiger partial charge in [-0.3, -0.25) is 4.79 Å². The maximum absolute atomic E-state index is 12.1. The molecule has 2 rings (SSSR count). The number of carbonyl (C=O) groups is 1. The highest BCUT2D eigenvalue weighted by molar-refractivity contribution is 7.90. The second-order valence-corrected chi connectivity index (χ2v) is 8.24. The van der Waals surface area contributed by atoms with Crippen molar-refractivity contribution < 1.29 is 18.1 Å². The van der Waals surface area contributed by atoms with Gasteiger partial charge in [0.15, 0.2) is 16.4 Å². The van der Waals surface area contributed by atoms with Crippen LogP contribution in [0.25, 0.3) is 0 Å². The number of halogens is 1. The topological polar surface area (TPSA) is 67.7 Å². The van der Waals surface area contributed by atoms with E-state index in [9.17, 15) is 13.2 Å². The number of sulfone groups is 1.